The first kappa shape index (κ1) is 74.1. The summed E-state index contributed by atoms with van der Waals surface area (Å²) in [5.74, 6) is -0.474. The summed E-state index contributed by atoms with van der Waals surface area (Å²) in [7, 11) is -1.77. The number of esters is 2. The van der Waals surface area contributed by atoms with E-state index in [0.29, 0.717) is 16.8 Å². The van der Waals surface area contributed by atoms with E-state index in [0.717, 1.165) is 6.33 Å². The number of imidazole rings is 1. The van der Waals surface area contributed by atoms with Gasteiger partial charge in [0.05, 0.1) is 44.1 Å². The molecule has 0 saturated carbocycles. The number of halogens is 3. The summed E-state index contributed by atoms with van der Waals surface area (Å²) in [6.07, 6.45) is -2.70. The number of carbonyl (C=O) groups is 2. The van der Waals surface area contributed by atoms with Crippen LogP contribution >= 0.6 is 33.7 Å². The summed E-state index contributed by atoms with van der Waals surface area (Å²) in [6.45, 7) is 1.64. The molecule has 0 amide bonds. The van der Waals surface area contributed by atoms with Gasteiger partial charge in [0.25, 0.3) is 0 Å². The number of rotatable bonds is 21. The molecule has 9 rings (SSSR count). The SMILES string of the molecule is CCOC(=O)[C@H](C)NP(=O)(Cl)Oc1ccccc1.CCOC(=O)[C@H](C)NP(=O)(OC[C@H]1O[C@@](C#N)(c2ccc3c(N)ncnn23)[C@H](F)[C@@H]1O)Oc1ccccc1.COP(=O)(OC)OC.Cn1ccnc1.N#C[C@@]1(c2ccc3c(N)ncnn23)O[C@H](CO)[C@@H](O)[C@H]1F. The molecular weight excluding hydrogens is 1290 g/mol. The Balaban J connectivity index is 0.000000238. The van der Waals surface area contributed by atoms with Crippen molar-refractivity contribution in [2.24, 2.45) is 7.05 Å². The number of carbonyl (C=O) groups excluding carboxylic acids is 2. The number of nitrogen functional groups attached to an aromatic ring is 2. The highest BCUT2D eigenvalue weighted by molar-refractivity contribution is 7.84. The van der Waals surface area contributed by atoms with Gasteiger partial charge >= 0.3 is 34.4 Å². The third kappa shape index (κ3) is 18.8. The van der Waals surface area contributed by atoms with Crippen molar-refractivity contribution < 1.29 is 93.5 Å². The number of anilines is 2. The number of aliphatic hydroxyl groups excluding tert-OH is 3. The lowest BCUT2D eigenvalue weighted by atomic mass is 9.94. The van der Waals surface area contributed by atoms with E-state index in [2.05, 4.69) is 48.9 Å². The van der Waals surface area contributed by atoms with Crippen molar-refractivity contribution in [3.8, 4) is 23.6 Å². The van der Waals surface area contributed by atoms with Crippen LogP contribution in [0.3, 0.4) is 0 Å². The van der Waals surface area contributed by atoms with Crippen LogP contribution in [0.5, 0.6) is 11.5 Å². The second kappa shape index (κ2) is 33.6. The second-order valence-electron chi connectivity index (χ2n) is 18.8. The van der Waals surface area contributed by atoms with Crippen LogP contribution in [0, 0.1) is 22.7 Å². The molecule has 2 unspecified atom stereocenters. The molecule has 7 aromatic rings. The molecule has 2 aromatic carbocycles. The van der Waals surface area contributed by atoms with Crippen molar-refractivity contribution in [3.05, 3.63) is 128 Å². The lowest BCUT2D eigenvalue weighted by Gasteiger charge is -2.25. The minimum Gasteiger partial charge on any atom is -0.465 e. The van der Waals surface area contributed by atoms with Crippen LogP contribution in [-0.2, 0) is 78.6 Å². The molecular formula is C53H68ClF2N14O18P3. The molecule has 494 valence electrons. The van der Waals surface area contributed by atoms with Crippen molar-refractivity contribution in [2.75, 3.05) is 59.2 Å². The van der Waals surface area contributed by atoms with Crippen molar-refractivity contribution in [1.29, 1.82) is 10.5 Å². The molecule has 12 atom stereocenters. The predicted molar refractivity (Wildman–Crippen MR) is 319 cm³/mol. The number of benzene rings is 2. The van der Waals surface area contributed by atoms with Gasteiger partial charge in [-0.2, -0.15) is 25.8 Å². The maximum Gasteiger partial charge on any atom is 0.473 e. The first-order chi connectivity index (χ1) is 43.2. The highest BCUT2D eigenvalue weighted by Crippen LogP contribution is 2.50. The minimum atomic E-state index is -4.32. The van der Waals surface area contributed by atoms with E-state index in [1.54, 1.807) is 87.0 Å². The monoisotopic (exact) mass is 1350 g/mol. The molecule has 9 N–H and O–H groups in total. The maximum absolute atomic E-state index is 15.5. The number of phosphoric acid groups is 1. The fraction of sp³-hybridized carbons (Fsp3) is 0.415. The highest BCUT2D eigenvalue weighted by atomic mass is 35.7. The average molecular weight is 1360 g/mol. The van der Waals surface area contributed by atoms with Crippen LogP contribution in [0.25, 0.3) is 11.0 Å². The van der Waals surface area contributed by atoms with Crippen LogP contribution in [0.2, 0.25) is 0 Å². The zero-order valence-electron chi connectivity index (χ0n) is 50.0. The van der Waals surface area contributed by atoms with E-state index in [-0.39, 0.29) is 42.0 Å². The standard InChI is InChI=1S/C23H26FN6O7P.C12H12FN5O3.C11H15ClNO4P.C4H6N2.C3H9O4P/c1-3-34-22(32)14(2)29-38(33,37-15-7-5-4-6-8-15)35-11-17-19(31)20(24)23(12-25,36-17)18-10-9-16-21(26)27-13-28-30(16)18;13-10-9(20)7(3-19)21-12(10,4-14)8-2-1-6-11(15)16-5-17-18(6)8;1-3-16-11(14)9(2)13-18(12,15)17-10-7-5-4-6-8-10;1-6-3-2-5-4-6;1-5-8(4,6-2)7-3/h4-10,13-14,17,19-20,31H,3,11H2,1-2H3,(H,29,33)(H2,26,27,28);1-2,5,7,9-10,19-20H,3H2,(H2,15,16,17);4-9H,3H2,1-2H3,(H,13,15);2-4H,1H3;1-3H3/t14-,17+,19+,20+,23-,38?;7-,9-,10-,12+;9-,18?;;/m010../s1. The van der Waals surface area contributed by atoms with E-state index >= 15 is 4.39 Å². The van der Waals surface area contributed by atoms with Gasteiger partial charge in [-0.05, 0) is 76.2 Å². The van der Waals surface area contributed by atoms with Gasteiger partial charge in [-0.15, -0.1) is 0 Å². The number of aryl methyl sites for hydroxylation is 1. The summed E-state index contributed by atoms with van der Waals surface area (Å²) < 4.78 is 120. The van der Waals surface area contributed by atoms with Crippen molar-refractivity contribution in [3.63, 3.8) is 0 Å². The number of aliphatic hydroxyl groups is 3. The van der Waals surface area contributed by atoms with Crippen LogP contribution in [0.1, 0.15) is 39.1 Å². The molecule has 0 spiro atoms. The van der Waals surface area contributed by atoms with Crippen LogP contribution in [-0.4, -0.2) is 163 Å². The number of nitrogens with two attached hydrogens (primary N) is 2. The number of phosphoric ester groups is 1. The Kier molecular flexibility index (Phi) is 27.4. The van der Waals surface area contributed by atoms with E-state index in [1.165, 1.54) is 86.9 Å². The normalized spacial score (nSPS) is 22.8. The molecule has 38 heteroatoms. The summed E-state index contributed by atoms with van der Waals surface area (Å²) in [4.78, 5) is 34.9. The first-order valence-electron chi connectivity index (χ1n) is 26.9. The Hall–Kier alpha value is -7.59. The first-order valence-corrected chi connectivity index (χ1v) is 32.5. The Morgan fingerprint density at radius 3 is 1.55 bits per heavy atom. The van der Waals surface area contributed by atoms with E-state index in [1.807, 2.05) is 17.8 Å². The molecule has 2 fully saturated rings. The van der Waals surface area contributed by atoms with Crippen LogP contribution in [0.4, 0.5) is 20.4 Å². The predicted octanol–water partition coefficient (Wildman–Crippen LogP) is 5.40. The van der Waals surface area contributed by atoms with Gasteiger partial charge in [0, 0.05) is 52.0 Å². The van der Waals surface area contributed by atoms with Gasteiger partial charge in [-0.25, -0.2) is 51.5 Å². The molecule has 7 heterocycles. The number of hydrogen-bond acceptors (Lipinski definition) is 27. The smallest absolute Gasteiger partial charge is 0.465 e. The van der Waals surface area contributed by atoms with Gasteiger partial charge < -0.3 is 59.3 Å². The number of nitrogens with zero attached hydrogens (tertiary/aromatic N) is 10. The number of aromatic nitrogens is 8. The molecule has 91 heavy (non-hydrogen) atoms. The summed E-state index contributed by atoms with van der Waals surface area (Å²) in [5.41, 5.74) is 7.91. The molecule has 2 aliphatic rings. The van der Waals surface area contributed by atoms with Gasteiger partial charge in [-0.3, -0.25) is 27.7 Å². The number of nitriles is 2. The van der Waals surface area contributed by atoms with Crippen molar-refractivity contribution in [2.45, 2.75) is 87.7 Å². The molecule has 0 radical (unpaired) electrons. The molecule has 5 aromatic heterocycles. The quantitative estimate of drug-likeness (QED) is 0.0350. The summed E-state index contributed by atoms with van der Waals surface area (Å²) >= 11 is 5.72. The molecule has 2 aliphatic heterocycles. The highest BCUT2D eigenvalue weighted by Gasteiger charge is 2.60. The van der Waals surface area contributed by atoms with E-state index < -0.39 is 108 Å². The Morgan fingerprint density at radius 1 is 0.736 bits per heavy atom. The van der Waals surface area contributed by atoms with Crippen molar-refractivity contribution >= 4 is 68.3 Å². The second-order valence-corrected chi connectivity index (χ2v) is 25.2. The van der Waals surface area contributed by atoms with E-state index in [4.69, 9.17) is 60.3 Å². The Labute approximate surface area is 524 Å². The van der Waals surface area contributed by atoms with E-state index in [9.17, 15) is 48.4 Å². The largest absolute Gasteiger partial charge is 0.473 e. The average Bonchev–Trinajstić information content (AvgIpc) is 1.60. The third-order valence-electron chi connectivity index (χ3n) is 12.7. The Bertz CT molecular complexity index is 3690. The fourth-order valence-electron chi connectivity index (χ4n) is 8.23. The molecule has 2 saturated heterocycles. The van der Waals surface area contributed by atoms with Crippen molar-refractivity contribution in [1.82, 2.24) is 48.9 Å². The molecule has 32 nitrogen and oxygen atoms in total. The number of hydrogen-bond donors (Lipinski definition) is 7. The number of ether oxygens (including phenoxy) is 4. The number of nitrogens with one attached hydrogen (secondary N) is 2. The van der Waals surface area contributed by atoms with Crippen LogP contribution in [0.15, 0.2) is 116 Å². The lowest BCUT2D eigenvalue weighted by Crippen LogP contribution is -2.38. The zero-order valence-corrected chi connectivity index (χ0v) is 53.4. The Morgan fingerprint density at radius 2 is 1.18 bits per heavy atom. The number of fused-ring (bicyclic) bond motifs is 2. The molecule has 0 aliphatic carbocycles. The summed E-state index contributed by atoms with van der Waals surface area (Å²) in [6, 6.07) is 23.9. The van der Waals surface area contributed by atoms with Gasteiger partial charge in [0.15, 0.2) is 24.0 Å². The number of alkyl halides is 2. The lowest BCUT2D eigenvalue weighted by molar-refractivity contribution is -0.145. The van der Waals surface area contributed by atoms with Gasteiger partial charge in [0.2, 0.25) is 11.2 Å². The number of para-hydroxylation sites is 2. The maximum atomic E-state index is 15.5. The van der Waals surface area contributed by atoms with Gasteiger partial charge in [-0.1, -0.05) is 36.4 Å². The summed E-state index contributed by atoms with van der Waals surface area (Å²) in [5, 5.41) is 61.8. The van der Waals surface area contributed by atoms with Gasteiger partial charge in [0.1, 0.15) is 83.8 Å². The minimum absolute atomic E-state index is 0.0315. The molecule has 0 bridgehead atoms. The zero-order chi connectivity index (χ0) is 67.3. The fourth-order valence-corrected chi connectivity index (χ4v) is 11.9. The topological polar surface area (TPSA) is 440 Å². The third-order valence-corrected chi connectivity index (χ3v) is 17.3. The van der Waals surface area contributed by atoms with Crippen LogP contribution < -0.4 is 30.7 Å².